The van der Waals surface area contributed by atoms with E-state index in [1.165, 1.54) is 7.11 Å². The van der Waals surface area contributed by atoms with E-state index in [-0.39, 0.29) is 5.97 Å². The lowest BCUT2D eigenvalue weighted by Crippen LogP contribution is -2.38. The van der Waals surface area contributed by atoms with Crippen molar-refractivity contribution in [2.45, 2.75) is 19.8 Å². The first-order valence-corrected chi connectivity index (χ1v) is 3.93. The summed E-state index contributed by atoms with van der Waals surface area (Å²) in [4.78, 5) is 11.2. The van der Waals surface area contributed by atoms with Crippen molar-refractivity contribution in [3.05, 3.63) is 0 Å². The fraction of sp³-hybridized carbons (Fsp3) is 0.875. The second kappa shape index (κ2) is 2.81. The molecule has 11 heavy (non-hydrogen) atoms. The summed E-state index contributed by atoms with van der Waals surface area (Å²) in [6, 6.07) is 0. The Morgan fingerprint density at radius 1 is 1.73 bits per heavy atom. The summed E-state index contributed by atoms with van der Waals surface area (Å²) in [6.07, 6.45) is 2.23. The van der Waals surface area contributed by atoms with Gasteiger partial charge in [0.25, 0.3) is 0 Å². The van der Waals surface area contributed by atoms with Crippen molar-refractivity contribution in [2.75, 3.05) is 13.7 Å². The van der Waals surface area contributed by atoms with Crippen molar-refractivity contribution in [3.63, 3.8) is 0 Å². The zero-order valence-corrected chi connectivity index (χ0v) is 7.09. The number of methoxy groups -OCH3 is 1. The van der Waals surface area contributed by atoms with E-state index in [9.17, 15) is 4.79 Å². The molecule has 1 rings (SSSR count). The largest absolute Gasteiger partial charge is 0.469 e. The second-order valence-corrected chi connectivity index (χ2v) is 3.39. The molecule has 0 aromatic carbocycles. The van der Waals surface area contributed by atoms with Gasteiger partial charge in [-0.1, -0.05) is 0 Å². The van der Waals surface area contributed by atoms with E-state index in [4.69, 9.17) is 5.73 Å². The van der Waals surface area contributed by atoms with Gasteiger partial charge in [0, 0.05) is 6.54 Å². The Labute approximate surface area is 66.9 Å². The summed E-state index contributed by atoms with van der Waals surface area (Å²) in [5.74, 6) is 0.294. The van der Waals surface area contributed by atoms with Crippen LogP contribution in [0.3, 0.4) is 0 Å². The van der Waals surface area contributed by atoms with Crippen molar-refractivity contribution in [1.29, 1.82) is 0 Å². The molecule has 64 valence electrons. The highest BCUT2D eigenvalue weighted by Gasteiger charge is 2.46. The highest BCUT2D eigenvalue weighted by Crippen LogP contribution is 2.45. The van der Waals surface area contributed by atoms with Crippen LogP contribution in [0.15, 0.2) is 0 Å². The highest BCUT2D eigenvalue weighted by atomic mass is 16.5. The molecule has 1 aliphatic carbocycles. The predicted octanol–water partition coefficient (Wildman–Crippen LogP) is 0.534. The lowest BCUT2D eigenvalue weighted by atomic mass is 9.85. The van der Waals surface area contributed by atoms with Crippen LogP contribution < -0.4 is 5.73 Å². The van der Waals surface area contributed by atoms with Gasteiger partial charge in [-0.25, -0.2) is 0 Å². The van der Waals surface area contributed by atoms with Crippen LogP contribution in [-0.4, -0.2) is 19.6 Å². The molecule has 0 aromatic rings. The molecule has 0 radical (unpaired) electrons. The van der Waals surface area contributed by atoms with Crippen molar-refractivity contribution in [3.8, 4) is 0 Å². The molecule has 3 heteroatoms. The molecule has 0 spiro atoms. The predicted molar refractivity (Wildman–Crippen MR) is 41.9 cm³/mol. The Kier molecular flexibility index (Phi) is 2.18. The molecule has 0 aliphatic heterocycles. The third-order valence-corrected chi connectivity index (χ3v) is 2.55. The van der Waals surface area contributed by atoms with E-state index >= 15 is 0 Å². The van der Waals surface area contributed by atoms with Gasteiger partial charge >= 0.3 is 5.97 Å². The van der Waals surface area contributed by atoms with Crippen molar-refractivity contribution >= 4 is 5.97 Å². The highest BCUT2D eigenvalue weighted by molar-refractivity contribution is 5.77. The van der Waals surface area contributed by atoms with Gasteiger partial charge in [-0.15, -0.1) is 0 Å². The summed E-state index contributed by atoms with van der Waals surface area (Å²) < 4.78 is 4.69. The third-order valence-electron chi connectivity index (χ3n) is 2.55. The summed E-state index contributed by atoms with van der Waals surface area (Å²) in [6.45, 7) is 2.28. The molecule has 0 heterocycles. The van der Waals surface area contributed by atoms with Crippen LogP contribution in [-0.2, 0) is 9.53 Å². The second-order valence-electron chi connectivity index (χ2n) is 3.39. The third kappa shape index (κ3) is 1.38. The number of nitrogens with two attached hydrogens (primary N) is 1. The molecule has 0 bridgehead atoms. The van der Waals surface area contributed by atoms with E-state index in [1.54, 1.807) is 0 Å². The average molecular weight is 157 g/mol. The van der Waals surface area contributed by atoms with Crippen molar-refractivity contribution < 1.29 is 9.53 Å². The standard InChI is InChI=1S/C8H15NO2/c1-8(5-9,6-3-4-6)7(10)11-2/h6H,3-5,9H2,1-2H3. The van der Waals surface area contributed by atoms with Crippen LogP contribution in [0.4, 0.5) is 0 Å². The minimum atomic E-state index is -0.422. The van der Waals surface area contributed by atoms with Crippen LogP contribution in [0.5, 0.6) is 0 Å². The average Bonchev–Trinajstić information content (AvgIpc) is 2.84. The van der Waals surface area contributed by atoms with E-state index < -0.39 is 5.41 Å². The maximum atomic E-state index is 11.2. The van der Waals surface area contributed by atoms with E-state index in [2.05, 4.69) is 4.74 Å². The smallest absolute Gasteiger partial charge is 0.313 e. The minimum Gasteiger partial charge on any atom is -0.469 e. The Bertz CT molecular complexity index is 165. The van der Waals surface area contributed by atoms with Crippen molar-refractivity contribution in [1.82, 2.24) is 0 Å². The maximum Gasteiger partial charge on any atom is 0.313 e. The molecule has 0 aromatic heterocycles. The van der Waals surface area contributed by atoms with Gasteiger partial charge in [0.05, 0.1) is 12.5 Å². The number of hydrogen-bond donors (Lipinski definition) is 1. The Hall–Kier alpha value is -0.570. The molecule has 3 nitrogen and oxygen atoms in total. The Morgan fingerprint density at radius 2 is 2.27 bits per heavy atom. The Balaban J connectivity index is 2.64. The van der Waals surface area contributed by atoms with Crippen LogP contribution in [0.25, 0.3) is 0 Å². The molecular formula is C8H15NO2. The van der Waals surface area contributed by atoms with Gasteiger partial charge in [0.2, 0.25) is 0 Å². The van der Waals surface area contributed by atoms with Crippen LogP contribution in [0.2, 0.25) is 0 Å². The monoisotopic (exact) mass is 157 g/mol. The van der Waals surface area contributed by atoms with Gasteiger partial charge in [-0.2, -0.15) is 0 Å². The summed E-state index contributed by atoms with van der Waals surface area (Å²) >= 11 is 0. The zero-order valence-electron chi connectivity index (χ0n) is 7.09. The van der Waals surface area contributed by atoms with Gasteiger partial charge in [0.1, 0.15) is 0 Å². The van der Waals surface area contributed by atoms with E-state index in [1.807, 2.05) is 6.92 Å². The van der Waals surface area contributed by atoms with E-state index in [0.717, 1.165) is 12.8 Å². The maximum absolute atomic E-state index is 11.2. The molecule has 0 saturated heterocycles. The van der Waals surface area contributed by atoms with Crippen LogP contribution >= 0.6 is 0 Å². The number of esters is 1. The number of rotatable bonds is 3. The lowest BCUT2D eigenvalue weighted by molar-refractivity contribution is -0.152. The quantitative estimate of drug-likeness (QED) is 0.608. The molecule has 2 N–H and O–H groups in total. The molecule has 1 fully saturated rings. The molecule has 1 atom stereocenters. The lowest BCUT2D eigenvalue weighted by Gasteiger charge is -2.23. The van der Waals surface area contributed by atoms with Crippen molar-refractivity contribution in [2.24, 2.45) is 17.1 Å². The van der Waals surface area contributed by atoms with Crippen LogP contribution in [0, 0.1) is 11.3 Å². The van der Waals surface area contributed by atoms with Gasteiger partial charge in [-0.3, -0.25) is 4.79 Å². The fourth-order valence-corrected chi connectivity index (χ4v) is 1.37. The van der Waals surface area contributed by atoms with Gasteiger partial charge in [0.15, 0.2) is 0 Å². The first-order chi connectivity index (χ1) is 5.15. The first kappa shape index (κ1) is 8.53. The Morgan fingerprint density at radius 3 is 2.55 bits per heavy atom. The molecule has 0 amide bonds. The summed E-state index contributed by atoms with van der Waals surface area (Å²) in [7, 11) is 1.42. The SMILES string of the molecule is COC(=O)C(C)(CN)C1CC1. The zero-order chi connectivity index (χ0) is 8.48. The molecule has 1 unspecified atom stereocenters. The summed E-state index contributed by atoms with van der Waals surface area (Å²) in [5.41, 5.74) is 5.10. The minimum absolute atomic E-state index is 0.164. The first-order valence-electron chi connectivity index (χ1n) is 3.93. The molecular weight excluding hydrogens is 142 g/mol. The topological polar surface area (TPSA) is 52.3 Å². The molecule has 1 saturated carbocycles. The fourth-order valence-electron chi connectivity index (χ4n) is 1.37. The number of hydrogen-bond acceptors (Lipinski definition) is 3. The molecule has 1 aliphatic rings. The van der Waals surface area contributed by atoms with Crippen LogP contribution in [0.1, 0.15) is 19.8 Å². The van der Waals surface area contributed by atoms with Gasteiger partial charge < -0.3 is 10.5 Å². The normalized spacial score (nSPS) is 22.5. The van der Waals surface area contributed by atoms with Gasteiger partial charge in [-0.05, 0) is 25.7 Å². The van der Waals surface area contributed by atoms with E-state index in [0.29, 0.717) is 12.5 Å². The number of ether oxygens (including phenoxy) is 1. The number of carbonyl (C=O) groups excluding carboxylic acids is 1. The summed E-state index contributed by atoms with van der Waals surface area (Å²) in [5, 5.41) is 0. The number of carbonyl (C=O) groups is 1.